The molecule has 0 aliphatic heterocycles. The van der Waals surface area contributed by atoms with Gasteiger partial charge in [0.05, 0.1) is 5.52 Å². The molecule has 0 aliphatic rings. The van der Waals surface area contributed by atoms with Crippen LogP contribution in [0, 0.1) is 0 Å². The standard InChI is InChI=1S/C11H11N5/c1-2-16-8-6-4-3-5-7(8)9-10(16)13-11(12)15-14-9/h3-6H,2H2,1H3,(H2,12,13,15). The number of aryl methyl sites for hydroxylation is 1. The Hall–Kier alpha value is -2.17. The van der Waals surface area contributed by atoms with E-state index in [1.54, 1.807) is 0 Å². The van der Waals surface area contributed by atoms with E-state index in [9.17, 15) is 0 Å². The summed E-state index contributed by atoms with van der Waals surface area (Å²) in [5, 5.41) is 9.00. The molecule has 3 rings (SSSR count). The van der Waals surface area contributed by atoms with E-state index in [1.807, 2.05) is 18.2 Å². The molecule has 0 saturated heterocycles. The van der Waals surface area contributed by atoms with Crippen LogP contribution in [0.2, 0.25) is 0 Å². The molecule has 0 bridgehead atoms. The molecule has 2 heterocycles. The Bertz CT molecular complexity index is 670. The summed E-state index contributed by atoms with van der Waals surface area (Å²) >= 11 is 0. The number of hydrogen-bond acceptors (Lipinski definition) is 4. The molecule has 2 N–H and O–H groups in total. The van der Waals surface area contributed by atoms with Crippen molar-refractivity contribution in [3.63, 3.8) is 0 Å². The summed E-state index contributed by atoms with van der Waals surface area (Å²) in [6.07, 6.45) is 0. The molecular formula is C11H11N5. The first-order valence-corrected chi connectivity index (χ1v) is 5.18. The quantitative estimate of drug-likeness (QED) is 0.666. The minimum absolute atomic E-state index is 0.213. The Labute approximate surface area is 91.9 Å². The number of hydrogen-bond donors (Lipinski definition) is 1. The molecule has 0 spiro atoms. The number of nitrogens with zero attached hydrogens (tertiary/aromatic N) is 4. The van der Waals surface area contributed by atoms with E-state index in [-0.39, 0.29) is 5.95 Å². The summed E-state index contributed by atoms with van der Waals surface area (Å²) in [6.45, 7) is 2.91. The molecule has 80 valence electrons. The Balaban J connectivity index is 2.58. The van der Waals surface area contributed by atoms with Crippen LogP contribution in [0.15, 0.2) is 24.3 Å². The fraction of sp³-hybridized carbons (Fsp3) is 0.182. The zero-order chi connectivity index (χ0) is 11.1. The first-order chi connectivity index (χ1) is 7.81. The SMILES string of the molecule is CCn1c2ccccc2c2nnc(N)nc21. The van der Waals surface area contributed by atoms with Crippen molar-refractivity contribution in [2.45, 2.75) is 13.5 Å². The number of nitrogens with two attached hydrogens (primary N) is 1. The van der Waals surface area contributed by atoms with Crippen LogP contribution in [0.1, 0.15) is 6.92 Å². The molecule has 1 aromatic carbocycles. The van der Waals surface area contributed by atoms with Crippen LogP contribution in [0.4, 0.5) is 5.95 Å². The lowest BCUT2D eigenvalue weighted by molar-refractivity contribution is 0.812. The molecule has 5 nitrogen and oxygen atoms in total. The van der Waals surface area contributed by atoms with Crippen LogP contribution < -0.4 is 5.73 Å². The number of rotatable bonds is 1. The summed E-state index contributed by atoms with van der Waals surface area (Å²) in [5.74, 6) is 0.213. The van der Waals surface area contributed by atoms with E-state index in [4.69, 9.17) is 5.73 Å². The highest BCUT2D eigenvalue weighted by molar-refractivity contribution is 6.04. The van der Waals surface area contributed by atoms with E-state index in [2.05, 4.69) is 32.7 Å². The molecule has 16 heavy (non-hydrogen) atoms. The molecule has 0 radical (unpaired) electrons. The normalized spacial score (nSPS) is 11.3. The zero-order valence-corrected chi connectivity index (χ0v) is 8.88. The average Bonchev–Trinajstić information content (AvgIpc) is 2.61. The van der Waals surface area contributed by atoms with Crippen molar-refractivity contribution < 1.29 is 0 Å². The van der Waals surface area contributed by atoms with E-state index >= 15 is 0 Å². The summed E-state index contributed by atoms with van der Waals surface area (Å²) in [7, 11) is 0. The molecule has 0 atom stereocenters. The number of para-hydroxylation sites is 1. The third-order valence-corrected chi connectivity index (χ3v) is 2.71. The van der Waals surface area contributed by atoms with Gasteiger partial charge in [0.25, 0.3) is 0 Å². The van der Waals surface area contributed by atoms with Gasteiger partial charge in [0, 0.05) is 11.9 Å². The molecule has 0 aliphatic carbocycles. The zero-order valence-electron chi connectivity index (χ0n) is 8.88. The number of fused-ring (bicyclic) bond motifs is 3. The van der Waals surface area contributed by atoms with Crippen LogP contribution in [0.5, 0.6) is 0 Å². The second-order valence-corrected chi connectivity index (χ2v) is 3.60. The van der Waals surface area contributed by atoms with Gasteiger partial charge in [-0.05, 0) is 13.0 Å². The minimum Gasteiger partial charge on any atom is -0.366 e. The third-order valence-electron chi connectivity index (χ3n) is 2.71. The van der Waals surface area contributed by atoms with Crippen molar-refractivity contribution in [1.82, 2.24) is 19.7 Å². The van der Waals surface area contributed by atoms with Gasteiger partial charge < -0.3 is 10.3 Å². The Morgan fingerprint density at radius 1 is 1.25 bits per heavy atom. The third kappa shape index (κ3) is 1.08. The monoisotopic (exact) mass is 213 g/mol. The van der Waals surface area contributed by atoms with Crippen molar-refractivity contribution in [2.75, 3.05) is 5.73 Å². The summed E-state index contributed by atoms with van der Waals surface area (Å²) in [4.78, 5) is 4.25. The van der Waals surface area contributed by atoms with Crippen LogP contribution in [-0.2, 0) is 6.54 Å². The second kappa shape index (κ2) is 3.16. The number of anilines is 1. The van der Waals surface area contributed by atoms with Crippen molar-refractivity contribution in [3.05, 3.63) is 24.3 Å². The van der Waals surface area contributed by atoms with E-state index in [0.29, 0.717) is 0 Å². The molecular weight excluding hydrogens is 202 g/mol. The Morgan fingerprint density at radius 2 is 2.06 bits per heavy atom. The number of aromatic nitrogens is 4. The lowest BCUT2D eigenvalue weighted by Gasteiger charge is -2.00. The van der Waals surface area contributed by atoms with Crippen molar-refractivity contribution in [3.8, 4) is 0 Å². The van der Waals surface area contributed by atoms with Crippen LogP contribution in [0.25, 0.3) is 22.1 Å². The van der Waals surface area contributed by atoms with Gasteiger partial charge in [0.15, 0.2) is 5.65 Å². The largest absolute Gasteiger partial charge is 0.366 e. The maximum atomic E-state index is 5.57. The van der Waals surface area contributed by atoms with Crippen LogP contribution in [0.3, 0.4) is 0 Å². The highest BCUT2D eigenvalue weighted by atomic mass is 15.2. The average molecular weight is 213 g/mol. The van der Waals surface area contributed by atoms with Gasteiger partial charge in [-0.1, -0.05) is 18.2 Å². The maximum absolute atomic E-state index is 5.57. The van der Waals surface area contributed by atoms with Gasteiger partial charge >= 0.3 is 0 Å². The second-order valence-electron chi connectivity index (χ2n) is 3.60. The molecule has 0 amide bonds. The van der Waals surface area contributed by atoms with E-state index < -0.39 is 0 Å². The minimum atomic E-state index is 0.213. The Morgan fingerprint density at radius 3 is 2.88 bits per heavy atom. The molecule has 2 aromatic heterocycles. The van der Waals surface area contributed by atoms with Crippen LogP contribution >= 0.6 is 0 Å². The Kier molecular flexibility index (Phi) is 1.80. The van der Waals surface area contributed by atoms with Gasteiger partial charge in [-0.3, -0.25) is 0 Å². The van der Waals surface area contributed by atoms with Crippen LogP contribution in [-0.4, -0.2) is 19.7 Å². The predicted octanol–water partition coefficient (Wildman–Crippen LogP) is 1.58. The van der Waals surface area contributed by atoms with Crippen molar-refractivity contribution in [2.24, 2.45) is 0 Å². The molecule has 5 heteroatoms. The predicted molar refractivity (Wildman–Crippen MR) is 62.9 cm³/mol. The lowest BCUT2D eigenvalue weighted by Crippen LogP contribution is -2.00. The van der Waals surface area contributed by atoms with Gasteiger partial charge in [0.1, 0.15) is 5.52 Å². The first-order valence-electron chi connectivity index (χ1n) is 5.18. The van der Waals surface area contributed by atoms with Crippen molar-refractivity contribution in [1.29, 1.82) is 0 Å². The lowest BCUT2D eigenvalue weighted by atomic mass is 10.2. The topological polar surface area (TPSA) is 69.6 Å². The summed E-state index contributed by atoms with van der Waals surface area (Å²) in [6, 6.07) is 8.07. The van der Waals surface area contributed by atoms with Gasteiger partial charge in [-0.25, -0.2) is 0 Å². The highest BCUT2D eigenvalue weighted by Crippen LogP contribution is 2.25. The highest BCUT2D eigenvalue weighted by Gasteiger charge is 2.11. The van der Waals surface area contributed by atoms with E-state index in [0.717, 1.165) is 28.6 Å². The molecule has 0 fully saturated rings. The fourth-order valence-corrected chi connectivity index (χ4v) is 2.04. The fourth-order valence-electron chi connectivity index (χ4n) is 2.04. The molecule has 0 saturated carbocycles. The van der Waals surface area contributed by atoms with Gasteiger partial charge in [-0.15, -0.1) is 10.2 Å². The van der Waals surface area contributed by atoms with Crippen molar-refractivity contribution >= 4 is 28.0 Å². The van der Waals surface area contributed by atoms with Gasteiger partial charge in [-0.2, -0.15) is 4.98 Å². The molecule has 0 unspecified atom stereocenters. The van der Waals surface area contributed by atoms with E-state index in [1.165, 1.54) is 0 Å². The number of nitrogen functional groups attached to an aromatic ring is 1. The smallest absolute Gasteiger partial charge is 0.242 e. The molecule has 3 aromatic rings. The first kappa shape index (κ1) is 9.08. The number of benzene rings is 1. The summed E-state index contributed by atoms with van der Waals surface area (Å²) in [5.41, 5.74) is 8.30. The summed E-state index contributed by atoms with van der Waals surface area (Å²) < 4.78 is 2.09. The van der Waals surface area contributed by atoms with Gasteiger partial charge in [0.2, 0.25) is 5.95 Å². The maximum Gasteiger partial charge on any atom is 0.242 e.